The Labute approximate surface area is 97.3 Å². The Hall–Kier alpha value is -2.56. The van der Waals surface area contributed by atoms with Crippen molar-refractivity contribution in [2.75, 3.05) is 5.73 Å². The first-order valence-corrected chi connectivity index (χ1v) is 4.91. The first-order chi connectivity index (χ1) is 8.08. The average molecular weight is 230 g/mol. The molecule has 86 valence electrons. The van der Waals surface area contributed by atoms with Crippen molar-refractivity contribution in [2.45, 2.75) is 0 Å². The summed E-state index contributed by atoms with van der Waals surface area (Å²) in [5, 5.41) is 20.4. The van der Waals surface area contributed by atoms with Gasteiger partial charge in [-0.15, -0.1) is 0 Å². The molecule has 0 amide bonds. The van der Waals surface area contributed by atoms with Crippen LogP contribution in [0.1, 0.15) is 0 Å². The van der Waals surface area contributed by atoms with Crippen LogP contribution in [0.2, 0.25) is 0 Å². The summed E-state index contributed by atoms with van der Waals surface area (Å²) >= 11 is 0. The highest BCUT2D eigenvalue weighted by Gasteiger charge is 2.09. The summed E-state index contributed by atoms with van der Waals surface area (Å²) in [7, 11) is 0. The van der Waals surface area contributed by atoms with E-state index in [-0.39, 0.29) is 11.4 Å². The molecule has 0 fully saturated rings. The second-order valence-corrected chi connectivity index (χ2v) is 3.58. The lowest BCUT2D eigenvalue weighted by atomic mass is 10.0. The standard InChI is InChI=1S/C12H10N2O3/c13-9-4-5-11(12(15)7-9)8-2-1-3-10(6-8)14(16)17/h1-7,15H,13H2. The fourth-order valence-electron chi connectivity index (χ4n) is 1.58. The van der Waals surface area contributed by atoms with Gasteiger partial charge in [0.15, 0.2) is 0 Å². The van der Waals surface area contributed by atoms with Gasteiger partial charge in [0, 0.05) is 29.4 Å². The fraction of sp³-hybridized carbons (Fsp3) is 0. The van der Waals surface area contributed by atoms with E-state index < -0.39 is 4.92 Å². The minimum atomic E-state index is -0.474. The number of hydrogen-bond acceptors (Lipinski definition) is 4. The van der Waals surface area contributed by atoms with Crippen LogP contribution in [0.4, 0.5) is 11.4 Å². The Balaban J connectivity index is 2.53. The molecule has 0 unspecified atom stereocenters. The maximum absolute atomic E-state index is 10.6. The lowest BCUT2D eigenvalue weighted by molar-refractivity contribution is -0.384. The molecule has 2 aromatic carbocycles. The van der Waals surface area contributed by atoms with E-state index in [1.807, 2.05) is 0 Å². The molecule has 5 heteroatoms. The molecule has 5 nitrogen and oxygen atoms in total. The van der Waals surface area contributed by atoms with Crippen LogP contribution in [0.3, 0.4) is 0 Å². The summed E-state index contributed by atoms with van der Waals surface area (Å²) < 4.78 is 0. The van der Waals surface area contributed by atoms with Gasteiger partial charge in [0.2, 0.25) is 0 Å². The molecule has 0 heterocycles. The van der Waals surface area contributed by atoms with Crippen LogP contribution in [0.25, 0.3) is 11.1 Å². The van der Waals surface area contributed by atoms with Gasteiger partial charge >= 0.3 is 0 Å². The van der Waals surface area contributed by atoms with Crippen molar-refractivity contribution in [3.05, 3.63) is 52.6 Å². The van der Waals surface area contributed by atoms with Crippen molar-refractivity contribution in [3.8, 4) is 16.9 Å². The monoisotopic (exact) mass is 230 g/mol. The number of phenols is 1. The molecule has 2 aromatic rings. The highest BCUT2D eigenvalue weighted by molar-refractivity contribution is 5.73. The molecule has 0 spiro atoms. The number of nitro benzene ring substituents is 1. The zero-order valence-electron chi connectivity index (χ0n) is 8.83. The number of rotatable bonds is 2. The van der Waals surface area contributed by atoms with Gasteiger partial charge in [-0.1, -0.05) is 12.1 Å². The van der Waals surface area contributed by atoms with Gasteiger partial charge in [-0.05, 0) is 17.7 Å². The number of nitro groups is 1. The predicted molar refractivity (Wildman–Crippen MR) is 64.6 cm³/mol. The summed E-state index contributed by atoms with van der Waals surface area (Å²) in [6, 6.07) is 10.7. The van der Waals surface area contributed by atoms with Crippen LogP contribution in [-0.4, -0.2) is 10.0 Å². The zero-order valence-corrected chi connectivity index (χ0v) is 8.83. The van der Waals surface area contributed by atoms with Gasteiger partial charge < -0.3 is 10.8 Å². The summed E-state index contributed by atoms with van der Waals surface area (Å²) in [4.78, 5) is 10.2. The molecule has 0 aliphatic carbocycles. The van der Waals surface area contributed by atoms with Crippen molar-refractivity contribution in [2.24, 2.45) is 0 Å². The van der Waals surface area contributed by atoms with Gasteiger partial charge in [0.05, 0.1) is 4.92 Å². The highest BCUT2D eigenvalue weighted by Crippen LogP contribution is 2.32. The molecule has 3 N–H and O–H groups in total. The van der Waals surface area contributed by atoms with Crippen LogP contribution < -0.4 is 5.73 Å². The number of nitrogens with zero attached hydrogens (tertiary/aromatic N) is 1. The maximum atomic E-state index is 10.6. The summed E-state index contributed by atoms with van der Waals surface area (Å²) in [6.07, 6.45) is 0. The number of phenolic OH excluding ortho intramolecular Hbond substituents is 1. The van der Waals surface area contributed by atoms with Crippen molar-refractivity contribution < 1.29 is 10.0 Å². The van der Waals surface area contributed by atoms with Crippen molar-refractivity contribution in [1.82, 2.24) is 0 Å². The average Bonchev–Trinajstić information content (AvgIpc) is 2.29. The molecular formula is C12H10N2O3. The summed E-state index contributed by atoms with van der Waals surface area (Å²) in [6.45, 7) is 0. The van der Waals surface area contributed by atoms with E-state index in [0.717, 1.165) is 0 Å². The number of anilines is 1. The Kier molecular flexibility index (Phi) is 2.66. The first-order valence-electron chi connectivity index (χ1n) is 4.91. The van der Waals surface area contributed by atoms with Gasteiger partial charge in [0.25, 0.3) is 5.69 Å². The molecule has 0 aromatic heterocycles. The Morgan fingerprint density at radius 1 is 1.18 bits per heavy atom. The normalized spacial score (nSPS) is 10.1. The molecule has 0 saturated carbocycles. The van der Waals surface area contributed by atoms with E-state index in [1.54, 1.807) is 24.3 Å². The van der Waals surface area contributed by atoms with E-state index >= 15 is 0 Å². The molecular weight excluding hydrogens is 220 g/mol. The molecule has 0 aliphatic heterocycles. The van der Waals surface area contributed by atoms with E-state index in [2.05, 4.69) is 0 Å². The van der Waals surface area contributed by atoms with Crippen molar-refractivity contribution >= 4 is 11.4 Å². The van der Waals surface area contributed by atoms with E-state index in [9.17, 15) is 15.2 Å². The predicted octanol–water partition coefficient (Wildman–Crippen LogP) is 2.55. The van der Waals surface area contributed by atoms with Crippen molar-refractivity contribution in [3.63, 3.8) is 0 Å². The number of nitrogens with two attached hydrogens (primary N) is 1. The molecule has 0 aliphatic rings. The van der Waals surface area contributed by atoms with Crippen molar-refractivity contribution in [1.29, 1.82) is 0 Å². The summed E-state index contributed by atoms with van der Waals surface area (Å²) in [5.41, 5.74) is 7.04. The number of aromatic hydroxyl groups is 1. The largest absolute Gasteiger partial charge is 0.507 e. The fourth-order valence-corrected chi connectivity index (χ4v) is 1.58. The Bertz CT molecular complexity index is 582. The third-order valence-corrected chi connectivity index (χ3v) is 2.39. The van der Waals surface area contributed by atoms with E-state index in [4.69, 9.17) is 5.73 Å². The minimum Gasteiger partial charge on any atom is -0.507 e. The van der Waals surface area contributed by atoms with Gasteiger partial charge in [-0.2, -0.15) is 0 Å². The lowest BCUT2D eigenvalue weighted by Gasteiger charge is -2.05. The van der Waals surface area contributed by atoms with Gasteiger partial charge in [0.1, 0.15) is 5.75 Å². The van der Waals surface area contributed by atoms with E-state index in [0.29, 0.717) is 16.8 Å². The Morgan fingerprint density at radius 2 is 1.94 bits per heavy atom. The van der Waals surface area contributed by atoms with Gasteiger partial charge in [-0.25, -0.2) is 0 Å². The highest BCUT2D eigenvalue weighted by atomic mass is 16.6. The molecule has 0 bridgehead atoms. The third kappa shape index (κ3) is 2.17. The molecule has 0 saturated heterocycles. The second kappa shape index (κ2) is 4.13. The number of nitrogen functional groups attached to an aromatic ring is 1. The second-order valence-electron chi connectivity index (χ2n) is 3.58. The molecule has 0 radical (unpaired) electrons. The van der Waals surface area contributed by atoms with Crippen LogP contribution in [0.5, 0.6) is 5.75 Å². The molecule has 17 heavy (non-hydrogen) atoms. The summed E-state index contributed by atoms with van der Waals surface area (Å²) in [5.74, 6) is 0.00509. The number of hydrogen-bond donors (Lipinski definition) is 2. The smallest absolute Gasteiger partial charge is 0.270 e. The van der Waals surface area contributed by atoms with Crippen LogP contribution in [0.15, 0.2) is 42.5 Å². The topological polar surface area (TPSA) is 89.4 Å². The van der Waals surface area contributed by atoms with Gasteiger partial charge in [-0.3, -0.25) is 10.1 Å². The Morgan fingerprint density at radius 3 is 2.59 bits per heavy atom. The minimum absolute atomic E-state index is 0.00509. The van der Waals surface area contributed by atoms with Crippen LogP contribution in [-0.2, 0) is 0 Å². The zero-order chi connectivity index (χ0) is 12.4. The number of benzene rings is 2. The quantitative estimate of drug-likeness (QED) is 0.471. The molecule has 0 atom stereocenters. The van der Waals surface area contributed by atoms with Crippen LogP contribution in [0, 0.1) is 10.1 Å². The SMILES string of the molecule is Nc1ccc(-c2cccc([N+](=O)[O-])c2)c(O)c1. The lowest BCUT2D eigenvalue weighted by Crippen LogP contribution is -1.89. The first kappa shape index (κ1) is 10.9. The maximum Gasteiger partial charge on any atom is 0.270 e. The molecule has 2 rings (SSSR count). The van der Waals surface area contributed by atoms with Crippen LogP contribution >= 0.6 is 0 Å². The third-order valence-electron chi connectivity index (χ3n) is 2.39. The number of non-ortho nitro benzene ring substituents is 1. The van der Waals surface area contributed by atoms with E-state index in [1.165, 1.54) is 18.2 Å².